The Labute approximate surface area is 189 Å². The number of nitriles is 1. The molecule has 0 aliphatic carbocycles. The lowest BCUT2D eigenvalue weighted by Gasteiger charge is -2.45. The summed E-state index contributed by atoms with van der Waals surface area (Å²) in [6.07, 6.45) is 6.78. The smallest absolute Gasteiger partial charge is 0.410 e. The van der Waals surface area contributed by atoms with Crippen molar-refractivity contribution in [3.63, 3.8) is 0 Å². The molecule has 1 fully saturated rings. The highest BCUT2D eigenvalue weighted by molar-refractivity contribution is 5.97. The van der Waals surface area contributed by atoms with Gasteiger partial charge in [-0.25, -0.2) is 4.79 Å². The average molecular weight is 441 g/mol. The molecule has 0 saturated carbocycles. The second-order valence-corrected chi connectivity index (χ2v) is 8.96. The van der Waals surface area contributed by atoms with Gasteiger partial charge in [-0.05, 0) is 33.3 Å². The van der Waals surface area contributed by atoms with Crippen LogP contribution in [0.3, 0.4) is 0 Å². The summed E-state index contributed by atoms with van der Waals surface area (Å²) >= 11 is 0. The van der Waals surface area contributed by atoms with Gasteiger partial charge >= 0.3 is 6.09 Å². The molecule has 1 aliphatic rings. The molecule has 2 amide bonds. The van der Waals surface area contributed by atoms with Crippen LogP contribution < -0.4 is 11.1 Å². The largest absolute Gasteiger partial charge is 0.444 e. The number of carbonyl (C=O) groups is 2. The number of nitrogens with one attached hydrogen (secondary N) is 1. The molecule has 1 aromatic rings. The van der Waals surface area contributed by atoms with Crippen LogP contribution in [0.25, 0.3) is 0 Å². The van der Waals surface area contributed by atoms with Gasteiger partial charge in [0.1, 0.15) is 11.2 Å². The Hall–Kier alpha value is -3.54. The second-order valence-electron chi connectivity index (χ2n) is 8.96. The van der Waals surface area contributed by atoms with Gasteiger partial charge in [-0.15, -0.1) is 0 Å². The number of carbonyl (C=O) groups excluding carboxylic acids is 2. The molecule has 3 N–H and O–H groups in total. The predicted molar refractivity (Wildman–Crippen MR) is 123 cm³/mol. The zero-order valence-corrected chi connectivity index (χ0v) is 19.2. The molecule has 0 unspecified atom stereocenters. The molecule has 0 radical (unpaired) electrons. The Balaban J connectivity index is 2.37. The van der Waals surface area contributed by atoms with Crippen LogP contribution in [0, 0.1) is 17.2 Å². The van der Waals surface area contributed by atoms with Crippen molar-refractivity contribution >= 4 is 17.8 Å². The molecule has 2 rings (SSSR count). The SMILES string of the molecule is C=C/C=C\C(=C)Nc1nn([C@]2(CC#N)CCN(C(=O)OC(C)(C)C)C[C@H]2C)cc1C(N)=O. The number of allylic oxidation sites excluding steroid dienone is 3. The van der Waals surface area contributed by atoms with Crippen LogP contribution in [0.4, 0.5) is 10.6 Å². The summed E-state index contributed by atoms with van der Waals surface area (Å²) in [6.45, 7) is 15.7. The van der Waals surface area contributed by atoms with E-state index in [-0.39, 0.29) is 29.8 Å². The van der Waals surface area contributed by atoms with Crippen LogP contribution >= 0.6 is 0 Å². The fourth-order valence-corrected chi connectivity index (χ4v) is 3.73. The van der Waals surface area contributed by atoms with Gasteiger partial charge in [0, 0.05) is 30.9 Å². The molecule has 32 heavy (non-hydrogen) atoms. The lowest BCUT2D eigenvalue weighted by atomic mass is 9.77. The molecule has 0 bridgehead atoms. The van der Waals surface area contributed by atoms with Gasteiger partial charge in [0.05, 0.1) is 18.0 Å². The molecule has 9 nitrogen and oxygen atoms in total. The van der Waals surface area contributed by atoms with Crippen molar-refractivity contribution in [2.24, 2.45) is 11.7 Å². The number of hydrogen-bond donors (Lipinski definition) is 2. The van der Waals surface area contributed by atoms with Crippen LogP contribution in [0.1, 0.15) is 50.9 Å². The topological polar surface area (TPSA) is 126 Å². The zero-order chi connectivity index (χ0) is 24.1. The Morgan fingerprint density at radius 3 is 2.72 bits per heavy atom. The molecule has 0 aromatic carbocycles. The van der Waals surface area contributed by atoms with Gasteiger partial charge in [0.15, 0.2) is 5.82 Å². The predicted octanol–water partition coefficient (Wildman–Crippen LogP) is 3.54. The van der Waals surface area contributed by atoms with E-state index in [0.717, 1.165) is 0 Å². The molecule has 1 saturated heterocycles. The van der Waals surface area contributed by atoms with E-state index in [1.165, 1.54) is 0 Å². The first-order chi connectivity index (χ1) is 14.9. The average Bonchev–Trinajstić information content (AvgIpc) is 3.11. The lowest BCUT2D eigenvalue weighted by molar-refractivity contribution is -0.00458. The second kappa shape index (κ2) is 9.73. The third-order valence-electron chi connectivity index (χ3n) is 5.41. The third kappa shape index (κ3) is 5.58. The first-order valence-corrected chi connectivity index (χ1v) is 10.4. The Morgan fingerprint density at radius 2 is 2.19 bits per heavy atom. The fraction of sp³-hybridized carbons (Fsp3) is 0.478. The maximum absolute atomic E-state index is 12.5. The minimum Gasteiger partial charge on any atom is -0.444 e. The van der Waals surface area contributed by atoms with Gasteiger partial charge in [0.25, 0.3) is 5.91 Å². The monoisotopic (exact) mass is 440 g/mol. The van der Waals surface area contributed by atoms with Gasteiger partial charge in [-0.2, -0.15) is 10.4 Å². The van der Waals surface area contributed by atoms with Crippen LogP contribution in [-0.2, 0) is 10.3 Å². The number of primary amides is 1. The highest BCUT2D eigenvalue weighted by atomic mass is 16.6. The van der Waals surface area contributed by atoms with Gasteiger partial charge in [-0.1, -0.05) is 32.2 Å². The first-order valence-electron chi connectivity index (χ1n) is 10.4. The Morgan fingerprint density at radius 1 is 1.50 bits per heavy atom. The van der Waals surface area contributed by atoms with Crippen LogP contribution in [0.5, 0.6) is 0 Å². The maximum Gasteiger partial charge on any atom is 0.410 e. The van der Waals surface area contributed by atoms with Crippen molar-refractivity contribution in [3.8, 4) is 6.07 Å². The zero-order valence-electron chi connectivity index (χ0n) is 19.2. The Kier molecular flexibility index (Phi) is 7.52. The van der Waals surface area contributed by atoms with E-state index in [0.29, 0.717) is 25.2 Å². The van der Waals surface area contributed by atoms with Gasteiger partial charge in [-0.3, -0.25) is 9.48 Å². The molecule has 172 valence electrons. The summed E-state index contributed by atoms with van der Waals surface area (Å²) in [7, 11) is 0. The van der Waals surface area contributed by atoms with Crippen molar-refractivity contribution in [1.29, 1.82) is 5.26 Å². The quantitative estimate of drug-likeness (QED) is 0.625. The first kappa shape index (κ1) is 24.7. The minimum absolute atomic E-state index is 0.138. The fourth-order valence-electron chi connectivity index (χ4n) is 3.73. The summed E-state index contributed by atoms with van der Waals surface area (Å²) in [5.74, 6) is -0.527. The van der Waals surface area contributed by atoms with Crippen LogP contribution in [0.15, 0.2) is 43.3 Å². The van der Waals surface area contributed by atoms with Crippen molar-refractivity contribution in [1.82, 2.24) is 14.7 Å². The maximum atomic E-state index is 12.5. The number of hydrogen-bond acceptors (Lipinski definition) is 6. The number of anilines is 1. The number of nitrogens with zero attached hydrogens (tertiary/aromatic N) is 4. The van der Waals surface area contributed by atoms with Crippen LogP contribution in [0.2, 0.25) is 0 Å². The van der Waals surface area contributed by atoms with E-state index >= 15 is 0 Å². The van der Waals surface area contributed by atoms with E-state index in [1.807, 2.05) is 27.7 Å². The van der Waals surface area contributed by atoms with Gasteiger partial charge in [0.2, 0.25) is 0 Å². The number of likely N-dealkylation sites (tertiary alicyclic amines) is 1. The highest BCUT2D eigenvalue weighted by Crippen LogP contribution is 2.39. The summed E-state index contributed by atoms with van der Waals surface area (Å²) in [6, 6.07) is 2.24. The number of ether oxygens (including phenoxy) is 1. The molecule has 0 spiro atoms. The number of rotatable bonds is 7. The van der Waals surface area contributed by atoms with E-state index in [4.69, 9.17) is 10.5 Å². The molecular weight excluding hydrogens is 408 g/mol. The van der Waals surface area contributed by atoms with Crippen molar-refractivity contribution in [2.75, 3.05) is 18.4 Å². The molecule has 1 aromatic heterocycles. The molecule has 9 heteroatoms. The minimum atomic E-state index is -0.713. The van der Waals surface area contributed by atoms with E-state index in [2.05, 4.69) is 29.6 Å². The van der Waals surface area contributed by atoms with E-state index < -0.39 is 17.0 Å². The molecule has 2 heterocycles. The van der Waals surface area contributed by atoms with Gasteiger partial charge < -0.3 is 20.7 Å². The van der Waals surface area contributed by atoms with Crippen molar-refractivity contribution in [3.05, 3.63) is 48.8 Å². The summed E-state index contributed by atoms with van der Waals surface area (Å²) < 4.78 is 7.13. The number of piperidine rings is 1. The van der Waals surface area contributed by atoms with Crippen LogP contribution in [-0.4, -0.2) is 45.4 Å². The van der Waals surface area contributed by atoms with Crippen molar-refractivity contribution < 1.29 is 14.3 Å². The highest BCUT2D eigenvalue weighted by Gasteiger charge is 2.45. The molecular formula is C23H32N6O3. The normalized spacial score (nSPS) is 21.1. The van der Waals surface area contributed by atoms with E-state index in [1.54, 1.807) is 34.0 Å². The third-order valence-corrected chi connectivity index (χ3v) is 5.41. The molecule has 2 atom stereocenters. The standard InChI is InChI=1S/C23H32N6O3/c1-7-8-9-17(3)26-20-18(19(25)30)15-29(27-20)23(10-12-24)11-13-28(14-16(23)2)21(31)32-22(4,5)6/h7-9,15-16H,1,3,10-11,13-14H2,2,4-6H3,(H2,25,30)(H,26,27)/b9-8-/t16-,23-/m1/s1. The summed E-state index contributed by atoms with van der Waals surface area (Å²) in [4.78, 5) is 26.2. The Bertz CT molecular complexity index is 965. The lowest BCUT2D eigenvalue weighted by Crippen LogP contribution is -2.54. The van der Waals surface area contributed by atoms with Crippen molar-refractivity contribution in [2.45, 2.75) is 51.7 Å². The number of aromatic nitrogens is 2. The number of amides is 2. The number of nitrogens with two attached hydrogens (primary N) is 1. The van der Waals surface area contributed by atoms with E-state index in [9.17, 15) is 14.9 Å². The summed E-state index contributed by atoms with van der Waals surface area (Å²) in [5.41, 5.74) is 4.96. The summed E-state index contributed by atoms with van der Waals surface area (Å²) in [5, 5.41) is 17.1. The molecule has 1 aliphatic heterocycles.